The molecule has 1 aliphatic carbocycles. The van der Waals surface area contributed by atoms with E-state index in [9.17, 15) is 14.4 Å². The highest BCUT2D eigenvalue weighted by atomic mass is 16.2. The molecule has 8 heteroatoms. The first-order valence-electron chi connectivity index (χ1n) is 10.8. The number of nitrogens with zero attached hydrogens (tertiary/aromatic N) is 4. The Labute approximate surface area is 177 Å². The number of aromatic nitrogens is 1. The van der Waals surface area contributed by atoms with Crippen LogP contribution in [0.4, 0.5) is 10.6 Å². The maximum absolute atomic E-state index is 13.2. The molecule has 8 nitrogen and oxygen atoms in total. The summed E-state index contributed by atoms with van der Waals surface area (Å²) in [6.07, 6.45) is 4.03. The van der Waals surface area contributed by atoms with Crippen molar-refractivity contribution in [2.24, 2.45) is 11.3 Å². The first-order valence-corrected chi connectivity index (χ1v) is 10.8. The molecule has 1 N–H and O–H groups in total. The number of anilines is 1. The molecule has 3 aliphatic rings. The summed E-state index contributed by atoms with van der Waals surface area (Å²) in [7, 11) is 0. The van der Waals surface area contributed by atoms with Crippen LogP contribution in [0.25, 0.3) is 0 Å². The molecule has 30 heavy (non-hydrogen) atoms. The lowest BCUT2D eigenvalue weighted by Crippen LogP contribution is -2.55. The number of hydrogen-bond donors (Lipinski definition) is 1. The van der Waals surface area contributed by atoms with Gasteiger partial charge in [-0.25, -0.2) is 9.78 Å². The van der Waals surface area contributed by atoms with Crippen LogP contribution in [0.1, 0.15) is 40.0 Å². The predicted octanol–water partition coefficient (Wildman–Crippen LogP) is 1.87. The van der Waals surface area contributed by atoms with Gasteiger partial charge in [0.05, 0.1) is 0 Å². The molecule has 3 heterocycles. The van der Waals surface area contributed by atoms with Crippen LogP contribution < -0.4 is 10.2 Å². The van der Waals surface area contributed by atoms with Crippen LogP contribution in [-0.4, -0.2) is 70.9 Å². The highest BCUT2D eigenvalue weighted by Gasteiger charge is 2.56. The van der Waals surface area contributed by atoms with Gasteiger partial charge in [0.15, 0.2) is 0 Å². The van der Waals surface area contributed by atoms with E-state index in [2.05, 4.69) is 36.0 Å². The van der Waals surface area contributed by atoms with Gasteiger partial charge < -0.3 is 15.1 Å². The first kappa shape index (κ1) is 20.6. The molecular weight excluding hydrogens is 382 g/mol. The normalized spacial score (nSPS) is 28.8. The number of imide groups is 1. The monoisotopic (exact) mass is 413 g/mol. The van der Waals surface area contributed by atoms with Gasteiger partial charge >= 0.3 is 6.03 Å². The fraction of sp³-hybridized carbons (Fsp3) is 0.636. The fourth-order valence-corrected chi connectivity index (χ4v) is 5.61. The number of piperazine rings is 1. The summed E-state index contributed by atoms with van der Waals surface area (Å²) >= 11 is 0. The molecule has 1 aromatic heterocycles. The molecule has 4 amide bonds. The van der Waals surface area contributed by atoms with E-state index in [4.69, 9.17) is 0 Å². The first-order chi connectivity index (χ1) is 14.2. The Morgan fingerprint density at radius 2 is 1.90 bits per heavy atom. The standard InChI is InChI=1S/C22H31N5O3/c1-16-12-21(2,3)15-22(13-16)19(29)27(20(30)24-22)14-18(28)26-10-8-25(9-11-26)17-6-4-5-7-23-17/h4-7,16H,8-15H2,1-3H3,(H,24,30)/t16-,22+/m1/s1. The second-order valence-corrected chi connectivity index (χ2v) is 9.81. The SMILES string of the molecule is C[C@@H]1CC(C)(C)C[C@]2(C1)NC(=O)N(CC(=O)N1CCN(c3ccccn3)CC1)C2=O. The molecular formula is C22H31N5O3. The molecule has 0 aromatic carbocycles. The van der Waals surface area contributed by atoms with Crippen LogP contribution in [0, 0.1) is 11.3 Å². The van der Waals surface area contributed by atoms with Crippen LogP contribution in [-0.2, 0) is 9.59 Å². The maximum Gasteiger partial charge on any atom is 0.325 e. The van der Waals surface area contributed by atoms with E-state index < -0.39 is 11.6 Å². The van der Waals surface area contributed by atoms with E-state index >= 15 is 0 Å². The quantitative estimate of drug-likeness (QED) is 0.765. The van der Waals surface area contributed by atoms with E-state index in [0.29, 0.717) is 44.9 Å². The average molecular weight is 414 g/mol. The molecule has 2 atom stereocenters. The minimum Gasteiger partial charge on any atom is -0.353 e. The third-order valence-corrected chi connectivity index (χ3v) is 6.52. The van der Waals surface area contributed by atoms with Crippen molar-refractivity contribution in [1.29, 1.82) is 0 Å². The lowest BCUT2D eigenvalue weighted by molar-refractivity contribution is -0.140. The number of carbonyl (C=O) groups excluding carboxylic acids is 3. The van der Waals surface area contributed by atoms with Crippen molar-refractivity contribution in [3.63, 3.8) is 0 Å². The topological polar surface area (TPSA) is 85.8 Å². The van der Waals surface area contributed by atoms with Crippen LogP contribution >= 0.6 is 0 Å². The number of carbonyl (C=O) groups is 3. The van der Waals surface area contributed by atoms with E-state index in [1.807, 2.05) is 18.2 Å². The molecule has 0 unspecified atom stereocenters. The van der Waals surface area contributed by atoms with Gasteiger partial charge in [-0.3, -0.25) is 14.5 Å². The Bertz CT molecular complexity index is 834. The zero-order chi connectivity index (χ0) is 21.5. The number of amides is 4. The molecule has 162 valence electrons. The Morgan fingerprint density at radius 3 is 2.53 bits per heavy atom. The van der Waals surface area contributed by atoms with Crippen molar-refractivity contribution >= 4 is 23.7 Å². The molecule has 4 rings (SSSR count). The molecule has 0 radical (unpaired) electrons. The minimum atomic E-state index is -0.865. The molecule has 2 aliphatic heterocycles. The third kappa shape index (κ3) is 3.87. The van der Waals surface area contributed by atoms with Gasteiger partial charge in [-0.15, -0.1) is 0 Å². The summed E-state index contributed by atoms with van der Waals surface area (Å²) in [5.74, 6) is 0.815. The Balaban J connectivity index is 1.38. The van der Waals surface area contributed by atoms with Crippen molar-refractivity contribution in [3.05, 3.63) is 24.4 Å². The van der Waals surface area contributed by atoms with Crippen molar-refractivity contribution < 1.29 is 14.4 Å². The summed E-state index contributed by atoms with van der Waals surface area (Å²) in [5, 5.41) is 2.94. The highest BCUT2D eigenvalue weighted by molar-refractivity contribution is 6.09. The number of rotatable bonds is 3. The fourth-order valence-electron chi connectivity index (χ4n) is 5.61. The maximum atomic E-state index is 13.2. The van der Waals surface area contributed by atoms with E-state index in [1.165, 1.54) is 0 Å². The summed E-state index contributed by atoms with van der Waals surface area (Å²) in [4.78, 5) is 48.1. The summed E-state index contributed by atoms with van der Waals surface area (Å²) < 4.78 is 0. The van der Waals surface area contributed by atoms with Gasteiger partial charge in [0, 0.05) is 32.4 Å². The number of nitrogens with one attached hydrogen (secondary N) is 1. The number of urea groups is 1. The van der Waals surface area contributed by atoms with Gasteiger partial charge in [0.2, 0.25) is 5.91 Å². The van der Waals surface area contributed by atoms with E-state index in [0.717, 1.165) is 17.1 Å². The third-order valence-electron chi connectivity index (χ3n) is 6.52. The second-order valence-electron chi connectivity index (χ2n) is 9.81. The summed E-state index contributed by atoms with van der Waals surface area (Å²) in [5.41, 5.74) is -0.890. The van der Waals surface area contributed by atoms with Gasteiger partial charge in [-0.2, -0.15) is 0 Å². The molecule has 3 fully saturated rings. The Hall–Kier alpha value is -2.64. The Morgan fingerprint density at radius 1 is 1.17 bits per heavy atom. The van der Waals surface area contributed by atoms with E-state index in [1.54, 1.807) is 11.1 Å². The zero-order valence-corrected chi connectivity index (χ0v) is 18.1. The van der Waals surface area contributed by atoms with Crippen LogP contribution in [0.2, 0.25) is 0 Å². The second kappa shape index (κ2) is 7.56. The largest absolute Gasteiger partial charge is 0.353 e. The van der Waals surface area contributed by atoms with Gasteiger partial charge in [-0.05, 0) is 42.7 Å². The van der Waals surface area contributed by atoms with E-state index in [-0.39, 0.29) is 23.8 Å². The number of hydrogen-bond acceptors (Lipinski definition) is 5. The van der Waals surface area contributed by atoms with Gasteiger partial charge in [0.25, 0.3) is 5.91 Å². The summed E-state index contributed by atoms with van der Waals surface area (Å²) in [6, 6.07) is 5.34. The Kier molecular flexibility index (Phi) is 5.20. The molecule has 1 saturated carbocycles. The minimum absolute atomic E-state index is 0.0254. The lowest BCUT2D eigenvalue weighted by atomic mass is 9.64. The molecule has 0 bridgehead atoms. The van der Waals surface area contributed by atoms with Crippen molar-refractivity contribution in [3.8, 4) is 0 Å². The highest BCUT2D eigenvalue weighted by Crippen LogP contribution is 2.46. The smallest absolute Gasteiger partial charge is 0.325 e. The van der Waals surface area contributed by atoms with Crippen molar-refractivity contribution in [2.75, 3.05) is 37.6 Å². The predicted molar refractivity (Wildman–Crippen MR) is 113 cm³/mol. The average Bonchev–Trinajstić information content (AvgIpc) is 2.90. The van der Waals surface area contributed by atoms with Crippen LogP contribution in [0.15, 0.2) is 24.4 Å². The molecule has 1 spiro atoms. The van der Waals surface area contributed by atoms with Crippen LogP contribution in [0.5, 0.6) is 0 Å². The lowest BCUT2D eigenvalue weighted by Gasteiger charge is -2.43. The zero-order valence-electron chi connectivity index (χ0n) is 18.1. The van der Waals surface area contributed by atoms with Gasteiger partial charge in [0.1, 0.15) is 17.9 Å². The van der Waals surface area contributed by atoms with Crippen molar-refractivity contribution in [2.45, 2.75) is 45.6 Å². The van der Waals surface area contributed by atoms with Gasteiger partial charge in [-0.1, -0.05) is 26.8 Å². The van der Waals surface area contributed by atoms with Crippen LogP contribution in [0.3, 0.4) is 0 Å². The number of pyridine rings is 1. The summed E-state index contributed by atoms with van der Waals surface area (Å²) in [6.45, 7) is 8.67. The van der Waals surface area contributed by atoms with Crippen molar-refractivity contribution in [1.82, 2.24) is 20.1 Å². The molecule has 2 saturated heterocycles. The molecule has 1 aromatic rings.